The lowest BCUT2D eigenvalue weighted by molar-refractivity contribution is -0.384. The zero-order valence-corrected chi connectivity index (χ0v) is 13.9. The van der Waals surface area contributed by atoms with Crippen LogP contribution in [0.2, 0.25) is 0 Å². The molecule has 8 heteroatoms. The van der Waals surface area contributed by atoms with Crippen molar-refractivity contribution in [2.45, 2.75) is 19.3 Å². The van der Waals surface area contributed by atoms with Crippen molar-refractivity contribution in [2.24, 2.45) is 4.99 Å². The summed E-state index contributed by atoms with van der Waals surface area (Å²) in [6.45, 7) is 2.72. The van der Waals surface area contributed by atoms with Crippen LogP contribution in [0.5, 0.6) is 0 Å². The molecular weight excluding hydrogens is 328 g/mol. The molecule has 0 atom stereocenters. The van der Waals surface area contributed by atoms with Crippen LogP contribution in [0.1, 0.15) is 24.8 Å². The number of piperidine rings is 1. The van der Waals surface area contributed by atoms with Crippen molar-refractivity contribution < 1.29 is 9.72 Å². The normalized spacial score (nSPS) is 22.1. The molecule has 1 aromatic rings. The molecule has 0 saturated carbocycles. The predicted octanol–water partition coefficient (Wildman–Crippen LogP) is 2.60. The summed E-state index contributed by atoms with van der Waals surface area (Å²) in [4.78, 5) is 29.5. The van der Waals surface area contributed by atoms with Crippen LogP contribution in [0.25, 0.3) is 6.08 Å². The third kappa shape index (κ3) is 4.21. The summed E-state index contributed by atoms with van der Waals surface area (Å²) in [6, 6.07) is 6.11. The second-order valence-corrected chi connectivity index (χ2v) is 6.73. The highest BCUT2D eigenvalue weighted by molar-refractivity contribution is 8.18. The van der Waals surface area contributed by atoms with Gasteiger partial charge in [-0.05, 0) is 61.5 Å². The number of carbonyl (C=O) groups excluding carboxylic acids is 1. The fraction of sp³-hybridized carbons (Fsp3) is 0.375. The number of non-ortho nitro benzene ring substituents is 1. The van der Waals surface area contributed by atoms with Crippen LogP contribution >= 0.6 is 11.8 Å². The van der Waals surface area contributed by atoms with E-state index < -0.39 is 4.92 Å². The van der Waals surface area contributed by atoms with Crippen molar-refractivity contribution in [3.8, 4) is 0 Å². The van der Waals surface area contributed by atoms with Crippen LogP contribution in [0, 0.1) is 10.1 Å². The smallest absolute Gasteiger partial charge is 0.269 e. The number of nitrogens with zero attached hydrogens (tertiary/aromatic N) is 3. The minimum atomic E-state index is -0.445. The second-order valence-electron chi connectivity index (χ2n) is 5.70. The Kier molecular flexibility index (Phi) is 5.27. The van der Waals surface area contributed by atoms with E-state index in [1.807, 2.05) is 0 Å². The molecule has 2 fully saturated rings. The Bertz CT molecular complexity index is 694. The van der Waals surface area contributed by atoms with Gasteiger partial charge < -0.3 is 5.32 Å². The fourth-order valence-electron chi connectivity index (χ4n) is 2.61. The number of benzene rings is 1. The van der Waals surface area contributed by atoms with Crippen LogP contribution < -0.4 is 5.32 Å². The van der Waals surface area contributed by atoms with Gasteiger partial charge in [0.1, 0.15) is 0 Å². The van der Waals surface area contributed by atoms with Gasteiger partial charge in [0.15, 0.2) is 5.17 Å². The number of rotatable bonds is 4. The van der Waals surface area contributed by atoms with Crippen LogP contribution in [0.15, 0.2) is 34.2 Å². The Labute approximate surface area is 144 Å². The molecule has 2 saturated heterocycles. The Morgan fingerprint density at radius 1 is 1.25 bits per heavy atom. The number of amidine groups is 1. The van der Waals surface area contributed by atoms with E-state index in [0.717, 1.165) is 18.7 Å². The Morgan fingerprint density at radius 2 is 1.96 bits per heavy atom. The molecule has 7 nitrogen and oxygen atoms in total. The van der Waals surface area contributed by atoms with Crippen molar-refractivity contribution in [3.63, 3.8) is 0 Å². The van der Waals surface area contributed by atoms with Crippen LogP contribution in [-0.4, -0.2) is 40.7 Å². The molecule has 0 radical (unpaired) electrons. The standard InChI is InChI=1S/C16H18N4O3S/c21-15-14(10-12-4-6-13(7-5-12)20(22)23)24-16(18-15)17-11-19-8-2-1-3-9-19/h4-7,10H,1-3,8-9,11H2,(H,17,18,21)/b14-10+. The lowest BCUT2D eigenvalue weighted by Gasteiger charge is -2.24. The Morgan fingerprint density at radius 3 is 2.62 bits per heavy atom. The van der Waals surface area contributed by atoms with Crippen molar-refractivity contribution in [3.05, 3.63) is 44.8 Å². The van der Waals surface area contributed by atoms with Gasteiger partial charge in [0.2, 0.25) is 0 Å². The summed E-state index contributed by atoms with van der Waals surface area (Å²) in [7, 11) is 0. The molecule has 126 valence electrons. The summed E-state index contributed by atoms with van der Waals surface area (Å²) < 4.78 is 0. The molecular formula is C16H18N4O3S. The maximum Gasteiger partial charge on any atom is 0.269 e. The topological polar surface area (TPSA) is 87.8 Å². The average molecular weight is 346 g/mol. The molecule has 0 aliphatic carbocycles. The zero-order chi connectivity index (χ0) is 16.9. The van der Waals surface area contributed by atoms with Crippen molar-refractivity contribution in [2.75, 3.05) is 19.8 Å². The first-order chi connectivity index (χ1) is 11.6. The molecule has 0 aromatic heterocycles. The van der Waals surface area contributed by atoms with E-state index in [0.29, 0.717) is 16.7 Å². The van der Waals surface area contributed by atoms with Gasteiger partial charge in [-0.2, -0.15) is 0 Å². The van der Waals surface area contributed by atoms with Gasteiger partial charge >= 0.3 is 0 Å². The summed E-state index contributed by atoms with van der Waals surface area (Å²) in [5.41, 5.74) is 0.778. The first-order valence-electron chi connectivity index (χ1n) is 7.84. The van der Waals surface area contributed by atoms with Crippen LogP contribution in [0.4, 0.5) is 5.69 Å². The van der Waals surface area contributed by atoms with Gasteiger partial charge in [-0.1, -0.05) is 6.42 Å². The lowest BCUT2D eigenvalue weighted by atomic mass is 10.1. The van der Waals surface area contributed by atoms with E-state index in [4.69, 9.17) is 0 Å². The van der Waals surface area contributed by atoms with E-state index in [-0.39, 0.29) is 11.6 Å². The predicted molar refractivity (Wildman–Crippen MR) is 94.5 cm³/mol. The van der Waals surface area contributed by atoms with Gasteiger partial charge in [0.05, 0.1) is 16.5 Å². The number of likely N-dealkylation sites (tertiary alicyclic amines) is 1. The van der Waals surface area contributed by atoms with Crippen molar-refractivity contribution in [1.29, 1.82) is 0 Å². The maximum atomic E-state index is 12.0. The summed E-state index contributed by atoms with van der Waals surface area (Å²) >= 11 is 1.30. The van der Waals surface area contributed by atoms with Crippen molar-refractivity contribution >= 4 is 34.6 Å². The number of carbonyl (C=O) groups is 1. The van der Waals surface area contributed by atoms with Gasteiger partial charge in [0.25, 0.3) is 11.6 Å². The summed E-state index contributed by atoms with van der Waals surface area (Å²) in [6.07, 6.45) is 5.40. The third-order valence-corrected chi connectivity index (χ3v) is 4.86. The highest BCUT2D eigenvalue weighted by Gasteiger charge is 2.24. The molecule has 24 heavy (non-hydrogen) atoms. The lowest BCUT2D eigenvalue weighted by Crippen LogP contribution is -2.31. The number of nitro benzene ring substituents is 1. The minimum Gasteiger partial charge on any atom is -0.301 e. The number of nitro groups is 1. The van der Waals surface area contributed by atoms with Gasteiger partial charge in [0, 0.05) is 12.1 Å². The fourth-order valence-corrected chi connectivity index (χ4v) is 3.42. The van der Waals surface area contributed by atoms with Crippen LogP contribution in [0.3, 0.4) is 0 Å². The molecule has 0 unspecified atom stereocenters. The molecule has 1 amide bonds. The number of hydrogen-bond acceptors (Lipinski definition) is 6. The largest absolute Gasteiger partial charge is 0.301 e. The summed E-state index contributed by atoms with van der Waals surface area (Å²) in [5.74, 6) is -0.184. The quantitative estimate of drug-likeness (QED) is 0.514. The van der Waals surface area contributed by atoms with Crippen molar-refractivity contribution in [1.82, 2.24) is 10.2 Å². The molecule has 1 N–H and O–H groups in total. The van der Waals surface area contributed by atoms with E-state index >= 15 is 0 Å². The Hall–Kier alpha value is -2.19. The molecule has 1 aromatic carbocycles. The molecule has 2 aliphatic rings. The van der Waals surface area contributed by atoms with E-state index in [1.165, 1.54) is 43.2 Å². The minimum absolute atomic E-state index is 0.0319. The zero-order valence-electron chi connectivity index (χ0n) is 13.1. The average Bonchev–Trinajstić information content (AvgIpc) is 2.94. The maximum absolute atomic E-state index is 12.0. The SMILES string of the molecule is O=C1N/C(=N/CN2CCCCC2)S/C1=C/c1ccc([N+](=O)[O-])cc1. The molecule has 2 aliphatic heterocycles. The Balaban J connectivity index is 1.64. The van der Waals surface area contributed by atoms with Gasteiger partial charge in [-0.15, -0.1) is 0 Å². The van der Waals surface area contributed by atoms with Crippen LogP contribution in [-0.2, 0) is 4.79 Å². The number of amides is 1. The number of nitrogens with one attached hydrogen (secondary N) is 1. The highest BCUT2D eigenvalue weighted by Crippen LogP contribution is 2.26. The second kappa shape index (κ2) is 7.59. The first kappa shape index (κ1) is 16.7. The van der Waals surface area contributed by atoms with Gasteiger partial charge in [-0.3, -0.25) is 19.8 Å². The number of thioether (sulfide) groups is 1. The number of hydrogen-bond donors (Lipinski definition) is 1. The molecule has 3 rings (SSSR count). The third-order valence-electron chi connectivity index (χ3n) is 3.92. The summed E-state index contributed by atoms with van der Waals surface area (Å²) in [5, 5.41) is 14.0. The highest BCUT2D eigenvalue weighted by atomic mass is 32.2. The van der Waals surface area contributed by atoms with E-state index in [2.05, 4.69) is 15.2 Å². The van der Waals surface area contributed by atoms with E-state index in [1.54, 1.807) is 18.2 Å². The monoisotopic (exact) mass is 346 g/mol. The molecule has 2 heterocycles. The van der Waals surface area contributed by atoms with Gasteiger partial charge in [-0.25, -0.2) is 4.99 Å². The number of aliphatic imine (C=N–C) groups is 1. The first-order valence-corrected chi connectivity index (χ1v) is 8.65. The molecule has 0 spiro atoms. The molecule has 0 bridgehead atoms. The van der Waals surface area contributed by atoms with E-state index in [9.17, 15) is 14.9 Å².